The Bertz CT molecular complexity index is 263. The predicted molar refractivity (Wildman–Crippen MR) is 63.7 cm³/mol. The van der Waals surface area contributed by atoms with Gasteiger partial charge < -0.3 is 0 Å². The first kappa shape index (κ1) is 10.5. The van der Waals surface area contributed by atoms with Gasteiger partial charge in [-0.1, -0.05) is 0 Å². The fourth-order valence-electron chi connectivity index (χ4n) is 1.02. The molecule has 0 saturated carbocycles. The van der Waals surface area contributed by atoms with Crippen LogP contribution in [0, 0.1) is 3.57 Å². The van der Waals surface area contributed by atoms with Gasteiger partial charge in [0.1, 0.15) is 0 Å². The number of nitrogens with zero attached hydrogens (tertiary/aromatic N) is 1. The summed E-state index contributed by atoms with van der Waals surface area (Å²) < 4.78 is 2.50. The zero-order chi connectivity index (χ0) is 8.97. The van der Waals surface area contributed by atoms with Gasteiger partial charge in [0.2, 0.25) is 0 Å². The summed E-state index contributed by atoms with van der Waals surface area (Å²) in [7, 11) is 0. The van der Waals surface area contributed by atoms with Crippen molar-refractivity contribution in [3.8, 4) is 0 Å². The van der Waals surface area contributed by atoms with E-state index in [9.17, 15) is 0 Å². The van der Waals surface area contributed by atoms with Gasteiger partial charge in [0.25, 0.3) is 0 Å². The Morgan fingerprint density at radius 1 is 1.50 bits per heavy atom. The van der Waals surface area contributed by atoms with Gasteiger partial charge in [-0.3, -0.25) is 0 Å². The summed E-state index contributed by atoms with van der Waals surface area (Å²) >= 11 is 3.97. The minimum absolute atomic E-state index is 1.13. The van der Waals surface area contributed by atoms with Crippen molar-refractivity contribution >= 4 is 43.9 Å². The van der Waals surface area contributed by atoms with E-state index in [0.717, 1.165) is 6.42 Å². The molecule has 1 unspecified atom stereocenters. The van der Waals surface area contributed by atoms with E-state index in [4.69, 9.17) is 0 Å². The molecule has 0 aliphatic carbocycles. The van der Waals surface area contributed by atoms with Crippen LogP contribution in [-0.2, 0) is 6.42 Å². The van der Waals surface area contributed by atoms with Crippen LogP contribution in [0.2, 0.25) is 0 Å². The van der Waals surface area contributed by atoms with Gasteiger partial charge in [-0.15, -0.1) is 0 Å². The van der Waals surface area contributed by atoms with Crippen molar-refractivity contribution in [2.24, 2.45) is 0 Å². The van der Waals surface area contributed by atoms with E-state index in [1.165, 1.54) is 26.6 Å². The van der Waals surface area contributed by atoms with Crippen molar-refractivity contribution in [2.75, 3.05) is 0 Å². The minimum atomic E-state index is 1.13. The van der Waals surface area contributed by atoms with Gasteiger partial charge in [-0.25, -0.2) is 0 Å². The Labute approximate surface area is 96.0 Å². The summed E-state index contributed by atoms with van der Waals surface area (Å²) in [6, 6.07) is 4.26. The first-order valence-corrected chi connectivity index (χ1v) is 6.44. The van der Waals surface area contributed by atoms with Crippen LogP contribution in [0.3, 0.4) is 0 Å². The summed E-state index contributed by atoms with van der Waals surface area (Å²) in [6.07, 6.45) is 3.63. The topological polar surface area (TPSA) is 12.9 Å². The molecule has 1 heterocycles. The first-order valence-electron chi connectivity index (χ1n) is 4.15. The summed E-state index contributed by atoms with van der Waals surface area (Å²) in [4.78, 5) is 4.53. The molecule has 1 rings (SSSR count). The van der Waals surface area contributed by atoms with Crippen LogP contribution in [0.4, 0.5) is 0 Å². The number of pyridine rings is 1. The third kappa shape index (κ3) is 3.06. The molecular weight excluding hydrogens is 324 g/mol. The summed E-state index contributed by atoms with van der Waals surface area (Å²) in [5.41, 5.74) is 1.28. The Morgan fingerprint density at radius 3 is 2.92 bits per heavy atom. The fourth-order valence-corrected chi connectivity index (χ4v) is 2.12. The molecule has 0 spiro atoms. The molecule has 0 radical (unpaired) electrons. The third-order valence-electron chi connectivity index (χ3n) is 1.71. The molecule has 1 aromatic heterocycles. The third-order valence-corrected chi connectivity index (χ3v) is 3.36. The Morgan fingerprint density at radius 2 is 2.25 bits per heavy atom. The number of hydrogen-bond donors (Lipinski definition) is 0. The molecule has 0 fully saturated rings. The molecule has 1 aromatic rings. The summed E-state index contributed by atoms with van der Waals surface area (Å²) in [5.74, 6) is 0. The molecule has 0 aliphatic heterocycles. The fraction of sp³-hybridized carbons (Fsp3) is 0.444. The van der Waals surface area contributed by atoms with E-state index in [-0.39, 0.29) is 0 Å². The van der Waals surface area contributed by atoms with Gasteiger partial charge in [0.15, 0.2) is 0 Å². The number of aromatic nitrogens is 1. The van der Waals surface area contributed by atoms with E-state index < -0.39 is 0 Å². The van der Waals surface area contributed by atoms with Crippen LogP contribution in [0.5, 0.6) is 0 Å². The summed E-state index contributed by atoms with van der Waals surface area (Å²) in [6.45, 7) is 2.21. The first-order chi connectivity index (χ1) is 5.74. The molecule has 0 N–H and O–H groups in total. The van der Waals surface area contributed by atoms with Crippen molar-refractivity contribution in [1.29, 1.82) is 0 Å². The van der Waals surface area contributed by atoms with Crippen molar-refractivity contribution in [2.45, 2.75) is 26.2 Å². The molecule has 66 valence electrons. The number of unbranched alkanes of at least 4 members (excludes halogenated alkanes) is 1. The predicted octanol–water partition coefficient (Wildman–Crippen LogP) is 1.29. The molecule has 0 aliphatic rings. The van der Waals surface area contributed by atoms with E-state index in [0.29, 0.717) is 0 Å². The maximum absolute atomic E-state index is 4.53. The number of rotatable bonds is 3. The molecule has 0 bridgehead atoms. The van der Waals surface area contributed by atoms with Gasteiger partial charge in [-0.05, 0) is 0 Å². The van der Waals surface area contributed by atoms with Crippen molar-refractivity contribution in [3.63, 3.8) is 0 Å². The standard InChI is InChI=1S/C9H13AsIN/c1-2-3-4-8-7(11)5-6-9(10)12-8/h5-6H,2-4,10H2,1H3. The second-order valence-corrected chi connectivity index (χ2v) is 5.17. The summed E-state index contributed by atoms with van der Waals surface area (Å²) in [5, 5.41) is 0. The number of aryl methyl sites for hydroxylation is 1. The van der Waals surface area contributed by atoms with E-state index >= 15 is 0 Å². The quantitative estimate of drug-likeness (QED) is 0.598. The maximum atomic E-state index is 4.53. The van der Waals surface area contributed by atoms with Crippen LogP contribution < -0.4 is 4.48 Å². The van der Waals surface area contributed by atoms with E-state index in [1.807, 2.05) is 0 Å². The average Bonchev–Trinajstić information content (AvgIpc) is 2.07. The van der Waals surface area contributed by atoms with Crippen LogP contribution >= 0.6 is 22.6 Å². The Kier molecular flexibility index (Phi) is 4.58. The molecule has 1 atom stereocenters. The number of hydrogen-bond acceptors (Lipinski definition) is 1. The average molecular weight is 337 g/mol. The van der Waals surface area contributed by atoms with Crippen LogP contribution in [0.1, 0.15) is 25.5 Å². The molecule has 3 heteroatoms. The van der Waals surface area contributed by atoms with Gasteiger partial charge >= 0.3 is 96.5 Å². The monoisotopic (exact) mass is 337 g/mol. The molecule has 0 aromatic carbocycles. The molecule has 0 saturated heterocycles. The second kappa shape index (κ2) is 5.23. The van der Waals surface area contributed by atoms with Gasteiger partial charge in [-0.2, -0.15) is 0 Å². The van der Waals surface area contributed by atoms with Crippen LogP contribution in [0.15, 0.2) is 12.1 Å². The zero-order valence-electron chi connectivity index (χ0n) is 7.18. The van der Waals surface area contributed by atoms with Gasteiger partial charge in [0.05, 0.1) is 0 Å². The Hall–Kier alpha value is 0.438. The number of halogens is 1. The van der Waals surface area contributed by atoms with Crippen LogP contribution in [0.25, 0.3) is 0 Å². The molecule has 12 heavy (non-hydrogen) atoms. The molecule has 0 amide bonds. The van der Waals surface area contributed by atoms with Crippen LogP contribution in [-0.4, -0.2) is 21.8 Å². The van der Waals surface area contributed by atoms with E-state index in [1.54, 1.807) is 16.9 Å². The van der Waals surface area contributed by atoms with Crippen molar-refractivity contribution in [1.82, 2.24) is 4.98 Å². The Balaban J connectivity index is 2.75. The molecule has 1 nitrogen and oxygen atoms in total. The SMILES string of the molecule is CCCCc1nc([AsH2])ccc1I. The van der Waals surface area contributed by atoms with Crippen molar-refractivity contribution in [3.05, 3.63) is 21.4 Å². The normalized spacial score (nSPS) is 10.2. The van der Waals surface area contributed by atoms with Crippen molar-refractivity contribution < 1.29 is 0 Å². The van der Waals surface area contributed by atoms with E-state index in [2.05, 4.69) is 46.6 Å². The van der Waals surface area contributed by atoms with Gasteiger partial charge in [0, 0.05) is 0 Å². The second-order valence-electron chi connectivity index (χ2n) is 2.77. The molecular formula is C9H13AsIN. The zero-order valence-corrected chi connectivity index (χ0v) is 11.8.